The maximum Gasteiger partial charge on any atom is 0.243 e. The summed E-state index contributed by atoms with van der Waals surface area (Å²) in [5, 5.41) is 1.93. The average molecular weight is 457 g/mol. The van der Waals surface area contributed by atoms with Crippen LogP contribution in [-0.4, -0.2) is 46.8 Å². The lowest BCUT2D eigenvalue weighted by atomic mass is 10.2. The van der Waals surface area contributed by atoms with Crippen molar-refractivity contribution >= 4 is 31.4 Å². The fourth-order valence-corrected chi connectivity index (χ4v) is 6.76. The molecule has 29 heavy (non-hydrogen) atoms. The Kier molecular flexibility index (Phi) is 6.10. The van der Waals surface area contributed by atoms with Crippen molar-refractivity contribution in [3.8, 4) is 0 Å². The molecule has 0 amide bonds. The second kappa shape index (κ2) is 8.44. The lowest BCUT2D eigenvalue weighted by Crippen LogP contribution is -2.32. The van der Waals surface area contributed by atoms with E-state index in [-0.39, 0.29) is 28.5 Å². The predicted molar refractivity (Wildman–Crippen MR) is 112 cm³/mol. The predicted octanol–water partition coefficient (Wildman–Crippen LogP) is 3.58. The van der Waals surface area contributed by atoms with E-state index < -0.39 is 20.0 Å². The number of thiophene rings is 1. The van der Waals surface area contributed by atoms with E-state index in [1.807, 2.05) is 17.5 Å². The molecule has 0 spiro atoms. The molecule has 1 N–H and O–H groups in total. The summed E-state index contributed by atoms with van der Waals surface area (Å²) in [5.41, 5.74) is 0. The van der Waals surface area contributed by atoms with E-state index in [2.05, 4.69) is 4.36 Å². The lowest BCUT2D eigenvalue weighted by Gasteiger charge is -2.21. The van der Waals surface area contributed by atoms with Gasteiger partial charge in [-0.1, -0.05) is 6.07 Å². The minimum Gasteiger partial charge on any atom is -0.376 e. The van der Waals surface area contributed by atoms with Gasteiger partial charge in [0.1, 0.15) is 0 Å². The molecule has 1 aliphatic heterocycles. The fraction of sp³-hybridized carbons (Fsp3) is 0.474. The third kappa shape index (κ3) is 4.89. The first kappa shape index (κ1) is 21.0. The van der Waals surface area contributed by atoms with E-state index in [1.54, 1.807) is 0 Å². The largest absolute Gasteiger partial charge is 0.376 e. The highest BCUT2D eigenvalue weighted by Crippen LogP contribution is 2.34. The SMILES string of the molecule is O=S(=O)(c1ccc(S(=O)(O)=NC[C@H]2CCCO2)cc1)N(Cc1cccs1)C1CC1. The average Bonchev–Trinajstić information content (AvgIpc) is 3.18. The third-order valence-electron chi connectivity index (χ3n) is 5.06. The molecular formula is C19H24N2O5S3. The smallest absolute Gasteiger partial charge is 0.243 e. The zero-order valence-electron chi connectivity index (χ0n) is 15.8. The van der Waals surface area contributed by atoms with Crippen LogP contribution in [0.3, 0.4) is 0 Å². The molecule has 4 rings (SSSR count). The molecule has 158 valence electrons. The van der Waals surface area contributed by atoms with Gasteiger partial charge >= 0.3 is 0 Å². The van der Waals surface area contributed by atoms with Crippen molar-refractivity contribution in [1.29, 1.82) is 0 Å². The summed E-state index contributed by atoms with van der Waals surface area (Å²) in [5.74, 6) is 0. The summed E-state index contributed by atoms with van der Waals surface area (Å²) >= 11 is 1.53. The number of benzene rings is 1. The van der Waals surface area contributed by atoms with Gasteiger partial charge in [-0.25, -0.2) is 17.0 Å². The monoisotopic (exact) mass is 456 g/mol. The van der Waals surface area contributed by atoms with E-state index in [9.17, 15) is 17.2 Å². The molecule has 2 atom stereocenters. The Hall–Kier alpha value is -1.30. The normalized spacial score (nSPS) is 21.9. The molecule has 10 heteroatoms. The molecule has 7 nitrogen and oxygen atoms in total. The van der Waals surface area contributed by atoms with Gasteiger partial charge in [-0.3, -0.25) is 4.55 Å². The number of nitrogens with zero attached hydrogens (tertiary/aromatic N) is 2. The number of hydrogen-bond acceptors (Lipinski definition) is 6. The topological polar surface area (TPSA) is 96.3 Å². The molecule has 2 fully saturated rings. The number of ether oxygens (including phenoxy) is 1. The van der Waals surface area contributed by atoms with Gasteiger partial charge in [-0.05, 0) is 61.4 Å². The third-order valence-corrected chi connectivity index (χ3v) is 9.22. The Balaban J connectivity index is 1.54. The standard InChI is InChI=1S/C19H24N2O5S3/c22-28(23,20-13-16-3-1-11-26-16)18-7-9-19(10-8-18)29(24,25)21(15-5-6-15)14-17-4-2-12-27-17/h2,4,7-10,12,15-16H,1,3,5-6,11,13-14H2,(H,20,22,23)/t16-/m1/s1. The number of sulfonamides is 1. The van der Waals surface area contributed by atoms with Crippen LogP contribution in [0.15, 0.2) is 55.9 Å². The van der Waals surface area contributed by atoms with Gasteiger partial charge in [-0.2, -0.15) is 4.31 Å². The van der Waals surface area contributed by atoms with Crippen molar-refractivity contribution in [2.24, 2.45) is 4.36 Å². The van der Waals surface area contributed by atoms with Gasteiger partial charge in [0.25, 0.3) is 0 Å². The molecule has 2 heterocycles. The second-order valence-electron chi connectivity index (χ2n) is 7.28. The summed E-state index contributed by atoms with van der Waals surface area (Å²) in [6.45, 7) is 1.16. The molecule has 1 saturated heterocycles. The van der Waals surface area contributed by atoms with E-state index in [1.165, 1.54) is 39.9 Å². The quantitative estimate of drug-likeness (QED) is 0.655. The first-order valence-corrected chi connectivity index (χ1v) is 13.4. The maximum atomic E-state index is 13.2. The Morgan fingerprint density at radius 2 is 1.83 bits per heavy atom. The van der Waals surface area contributed by atoms with Crippen molar-refractivity contribution in [2.75, 3.05) is 13.2 Å². The highest BCUT2D eigenvalue weighted by atomic mass is 32.2. The molecule has 1 unspecified atom stereocenters. The Bertz CT molecular complexity index is 1050. The molecule has 0 bridgehead atoms. The van der Waals surface area contributed by atoms with Crippen molar-refractivity contribution in [1.82, 2.24) is 4.31 Å². The second-order valence-corrected chi connectivity index (χ2v) is 11.9. The maximum absolute atomic E-state index is 13.2. The Morgan fingerprint density at radius 3 is 2.41 bits per heavy atom. The summed E-state index contributed by atoms with van der Waals surface area (Å²) in [6.07, 6.45) is 3.36. The minimum atomic E-state index is -3.69. The lowest BCUT2D eigenvalue weighted by molar-refractivity contribution is 0.118. The van der Waals surface area contributed by atoms with Gasteiger partial charge in [0.05, 0.1) is 22.4 Å². The Labute approximate surface area is 175 Å². The molecule has 0 radical (unpaired) electrons. The fourth-order valence-electron chi connectivity index (χ4n) is 3.30. The summed E-state index contributed by atoms with van der Waals surface area (Å²) in [6, 6.07) is 9.40. The van der Waals surface area contributed by atoms with Crippen LogP contribution in [-0.2, 0) is 31.3 Å². The number of hydrogen-bond donors (Lipinski definition) is 1. The van der Waals surface area contributed by atoms with Crippen LogP contribution in [0.1, 0.15) is 30.6 Å². The zero-order chi connectivity index (χ0) is 20.5. The molecule has 1 aromatic carbocycles. The van der Waals surface area contributed by atoms with E-state index in [0.29, 0.717) is 13.2 Å². The van der Waals surface area contributed by atoms with E-state index in [4.69, 9.17) is 4.74 Å². The van der Waals surface area contributed by atoms with Gasteiger partial charge < -0.3 is 4.74 Å². The molecule has 2 aliphatic rings. The molecule has 2 aromatic rings. The van der Waals surface area contributed by atoms with Gasteiger partial charge in [0, 0.05) is 24.1 Å². The van der Waals surface area contributed by atoms with E-state index in [0.717, 1.165) is 30.6 Å². The van der Waals surface area contributed by atoms with Crippen LogP contribution < -0.4 is 0 Å². The van der Waals surface area contributed by atoms with Crippen LogP contribution in [0.2, 0.25) is 0 Å². The first-order chi connectivity index (χ1) is 13.9. The summed E-state index contributed by atoms with van der Waals surface area (Å²) in [4.78, 5) is 1.22. The van der Waals surface area contributed by atoms with E-state index >= 15 is 0 Å². The Morgan fingerprint density at radius 1 is 1.10 bits per heavy atom. The summed E-state index contributed by atoms with van der Waals surface area (Å²) in [7, 11) is -7.27. The zero-order valence-corrected chi connectivity index (χ0v) is 18.3. The van der Waals surface area contributed by atoms with Crippen molar-refractivity contribution < 1.29 is 21.9 Å². The molecule has 1 aromatic heterocycles. The highest BCUT2D eigenvalue weighted by Gasteiger charge is 2.38. The van der Waals surface area contributed by atoms with Crippen molar-refractivity contribution in [2.45, 2.75) is 54.2 Å². The summed E-state index contributed by atoms with van der Waals surface area (Å²) < 4.78 is 60.0. The van der Waals surface area contributed by atoms with Crippen LogP contribution in [0, 0.1) is 0 Å². The van der Waals surface area contributed by atoms with Crippen molar-refractivity contribution in [3.05, 3.63) is 46.7 Å². The highest BCUT2D eigenvalue weighted by molar-refractivity contribution is 7.89. The van der Waals surface area contributed by atoms with Crippen molar-refractivity contribution in [3.63, 3.8) is 0 Å². The van der Waals surface area contributed by atoms with Gasteiger partial charge in [0.15, 0.2) is 10.0 Å². The van der Waals surface area contributed by atoms with Gasteiger partial charge in [-0.15, -0.1) is 11.3 Å². The van der Waals surface area contributed by atoms with Gasteiger partial charge in [0.2, 0.25) is 10.0 Å². The van der Waals surface area contributed by atoms with Crippen LogP contribution in [0.5, 0.6) is 0 Å². The van der Waals surface area contributed by atoms with Crippen LogP contribution in [0.4, 0.5) is 0 Å². The van der Waals surface area contributed by atoms with Crippen LogP contribution in [0.25, 0.3) is 0 Å². The molecule has 1 aliphatic carbocycles. The molecular weight excluding hydrogens is 432 g/mol. The minimum absolute atomic E-state index is 0.0188. The number of rotatable bonds is 8. The van der Waals surface area contributed by atoms with Crippen LogP contribution >= 0.6 is 11.3 Å². The first-order valence-electron chi connectivity index (χ1n) is 9.57. The molecule has 1 saturated carbocycles.